The van der Waals surface area contributed by atoms with Crippen molar-refractivity contribution in [3.05, 3.63) is 83.2 Å². The highest BCUT2D eigenvalue weighted by Crippen LogP contribution is 2.31. The molecule has 0 atom stereocenters. The Morgan fingerprint density at radius 3 is 2.59 bits per heavy atom. The van der Waals surface area contributed by atoms with Gasteiger partial charge in [-0.2, -0.15) is 5.10 Å². The molecule has 0 fully saturated rings. The number of anilines is 1. The topological polar surface area (TPSA) is 55.6 Å². The van der Waals surface area contributed by atoms with Gasteiger partial charge >= 0.3 is 0 Å². The number of aromatic nitrogens is 4. The summed E-state index contributed by atoms with van der Waals surface area (Å²) in [6.07, 6.45) is 3.68. The summed E-state index contributed by atoms with van der Waals surface area (Å²) in [4.78, 5) is 9.11. The minimum absolute atomic E-state index is 0.702. The first-order valence-corrected chi connectivity index (χ1v) is 9.39. The second-order valence-electron chi connectivity index (χ2n) is 6.18. The molecule has 0 saturated carbocycles. The van der Waals surface area contributed by atoms with Crippen LogP contribution in [-0.2, 0) is 13.6 Å². The fraction of sp³-hybridized carbons (Fsp3) is 0.0952. The highest BCUT2D eigenvalue weighted by molar-refractivity contribution is 9.10. The highest BCUT2D eigenvalue weighted by atomic mass is 79.9. The van der Waals surface area contributed by atoms with Crippen LogP contribution in [-0.4, -0.2) is 19.7 Å². The van der Waals surface area contributed by atoms with E-state index in [4.69, 9.17) is 4.98 Å². The van der Waals surface area contributed by atoms with E-state index >= 15 is 0 Å². The van der Waals surface area contributed by atoms with Crippen LogP contribution in [0.5, 0.6) is 0 Å². The first-order valence-electron chi connectivity index (χ1n) is 8.60. The van der Waals surface area contributed by atoms with Crippen LogP contribution in [0.3, 0.4) is 0 Å². The second-order valence-corrected chi connectivity index (χ2v) is 6.93. The van der Waals surface area contributed by atoms with E-state index in [0.717, 1.165) is 32.9 Å². The van der Waals surface area contributed by atoms with Crippen LogP contribution in [0.1, 0.15) is 5.56 Å². The third-order valence-corrected chi connectivity index (χ3v) is 4.82. The van der Waals surface area contributed by atoms with Crippen LogP contribution < -0.4 is 5.32 Å². The van der Waals surface area contributed by atoms with Crippen molar-refractivity contribution in [3.8, 4) is 22.5 Å². The summed E-state index contributed by atoms with van der Waals surface area (Å²) in [5.74, 6) is 0.799. The number of nitrogens with zero attached hydrogens (tertiary/aromatic N) is 4. The number of aryl methyl sites for hydroxylation is 1. The minimum Gasteiger partial charge on any atom is -0.366 e. The number of hydrogen-bond acceptors (Lipinski definition) is 4. The van der Waals surface area contributed by atoms with Crippen LogP contribution in [0, 0.1) is 0 Å². The molecule has 27 heavy (non-hydrogen) atoms. The maximum atomic E-state index is 4.76. The van der Waals surface area contributed by atoms with Gasteiger partial charge < -0.3 is 5.32 Å². The van der Waals surface area contributed by atoms with Gasteiger partial charge in [-0.3, -0.25) is 4.68 Å². The zero-order valence-electron chi connectivity index (χ0n) is 14.8. The quantitative estimate of drug-likeness (QED) is 0.466. The Kier molecular flexibility index (Phi) is 4.98. The summed E-state index contributed by atoms with van der Waals surface area (Å²) in [6, 6.07) is 20.3. The molecule has 134 valence electrons. The SMILES string of the molecule is Cn1ccc(-c2cc(-c3cccnc3Br)cc(NCc3ccccc3)n2)n1. The molecule has 3 heterocycles. The zero-order chi connectivity index (χ0) is 18.6. The van der Waals surface area contributed by atoms with Crippen molar-refractivity contribution in [2.24, 2.45) is 7.05 Å². The van der Waals surface area contributed by atoms with Crippen molar-refractivity contribution < 1.29 is 0 Å². The molecule has 0 aliphatic carbocycles. The average Bonchev–Trinajstić information content (AvgIpc) is 3.14. The minimum atomic E-state index is 0.702. The summed E-state index contributed by atoms with van der Waals surface area (Å²) in [5.41, 5.74) is 4.90. The van der Waals surface area contributed by atoms with Crippen LogP contribution in [0.2, 0.25) is 0 Å². The largest absolute Gasteiger partial charge is 0.366 e. The summed E-state index contributed by atoms with van der Waals surface area (Å²) in [5, 5.41) is 7.92. The third-order valence-electron chi connectivity index (χ3n) is 4.19. The maximum absolute atomic E-state index is 4.76. The first-order chi connectivity index (χ1) is 13.2. The molecule has 0 saturated heterocycles. The van der Waals surface area contributed by atoms with Gasteiger partial charge in [-0.05, 0) is 51.3 Å². The predicted molar refractivity (Wildman–Crippen MR) is 111 cm³/mol. The molecule has 0 aliphatic heterocycles. The smallest absolute Gasteiger partial charge is 0.127 e. The van der Waals surface area contributed by atoms with Gasteiger partial charge in [0, 0.05) is 31.5 Å². The van der Waals surface area contributed by atoms with Crippen molar-refractivity contribution in [2.45, 2.75) is 6.54 Å². The number of hydrogen-bond donors (Lipinski definition) is 1. The summed E-state index contributed by atoms with van der Waals surface area (Å²) < 4.78 is 2.58. The van der Waals surface area contributed by atoms with Gasteiger partial charge in [0.2, 0.25) is 0 Å². The van der Waals surface area contributed by atoms with Gasteiger partial charge in [-0.1, -0.05) is 36.4 Å². The summed E-state index contributed by atoms with van der Waals surface area (Å²) >= 11 is 3.55. The molecule has 0 aliphatic rings. The van der Waals surface area contributed by atoms with Crippen molar-refractivity contribution in [1.29, 1.82) is 0 Å². The van der Waals surface area contributed by atoms with Gasteiger partial charge in [-0.25, -0.2) is 9.97 Å². The Bertz CT molecular complexity index is 1060. The molecule has 0 amide bonds. The van der Waals surface area contributed by atoms with Crippen LogP contribution in [0.25, 0.3) is 22.5 Å². The Labute approximate surface area is 166 Å². The maximum Gasteiger partial charge on any atom is 0.127 e. The van der Waals surface area contributed by atoms with Gasteiger partial charge in [0.1, 0.15) is 16.1 Å². The number of pyridine rings is 2. The Hall–Kier alpha value is -2.99. The van der Waals surface area contributed by atoms with Crippen molar-refractivity contribution in [2.75, 3.05) is 5.32 Å². The van der Waals surface area contributed by atoms with Gasteiger partial charge in [0.05, 0.1) is 5.69 Å². The molecule has 0 radical (unpaired) electrons. The van der Waals surface area contributed by atoms with E-state index in [1.54, 1.807) is 10.9 Å². The average molecular weight is 420 g/mol. The molecule has 0 unspecified atom stereocenters. The number of rotatable bonds is 5. The molecule has 4 rings (SSSR count). The Morgan fingerprint density at radius 1 is 1.00 bits per heavy atom. The van der Waals surface area contributed by atoms with Crippen molar-refractivity contribution in [3.63, 3.8) is 0 Å². The van der Waals surface area contributed by atoms with E-state index < -0.39 is 0 Å². The van der Waals surface area contributed by atoms with Crippen LogP contribution in [0.15, 0.2) is 77.7 Å². The van der Waals surface area contributed by atoms with E-state index in [1.807, 2.05) is 61.8 Å². The molecule has 3 aromatic heterocycles. The zero-order valence-corrected chi connectivity index (χ0v) is 16.4. The summed E-state index contributed by atoms with van der Waals surface area (Å²) in [7, 11) is 1.90. The monoisotopic (exact) mass is 419 g/mol. The first kappa shape index (κ1) is 17.4. The second kappa shape index (κ2) is 7.72. The predicted octanol–water partition coefficient (Wildman–Crippen LogP) is 4.92. The lowest BCUT2D eigenvalue weighted by Crippen LogP contribution is -2.03. The lowest BCUT2D eigenvalue weighted by atomic mass is 10.1. The third kappa shape index (κ3) is 4.06. The molecular weight excluding hydrogens is 402 g/mol. The summed E-state index contributed by atoms with van der Waals surface area (Å²) in [6.45, 7) is 0.702. The van der Waals surface area contributed by atoms with Gasteiger partial charge in [0.25, 0.3) is 0 Å². The van der Waals surface area contributed by atoms with E-state index in [9.17, 15) is 0 Å². The fourth-order valence-electron chi connectivity index (χ4n) is 2.85. The van der Waals surface area contributed by atoms with Crippen molar-refractivity contribution >= 4 is 21.7 Å². The van der Waals surface area contributed by atoms with Gasteiger partial charge in [0.15, 0.2) is 0 Å². The normalized spacial score (nSPS) is 10.7. The Balaban J connectivity index is 1.73. The number of nitrogens with one attached hydrogen (secondary N) is 1. The molecule has 4 aromatic rings. The van der Waals surface area contributed by atoms with Gasteiger partial charge in [-0.15, -0.1) is 0 Å². The molecule has 6 heteroatoms. The molecule has 1 N–H and O–H groups in total. The molecule has 0 bridgehead atoms. The number of halogens is 1. The molecular formula is C21H18BrN5. The molecule has 5 nitrogen and oxygen atoms in total. The lowest BCUT2D eigenvalue weighted by molar-refractivity contribution is 0.770. The van der Waals surface area contributed by atoms with E-state index in [1.165, 1.54) is 5.56 Å². The van der Waals surface area contributed by atoms with Crippen molar-refractivity contribution in [1.82, 2.24) is 19.7 Å². The number of benzene rings is 1. The van der Waals surface area contributed by atoms with E-state index in [-0.39, 0.29) is 0 Å². The lowest BCUT2D eigenvalue weighted by Gasteiger charge is -2.11. The molecule has 0 spiro atoms. The Morgan fingerprint density at radius 2 is 1.85 bits per heavy atom. The van der Waals surface area contributed by atoms with E-state index in [2.05, 4.69) is 43.5 Å². The molecule has 1 aromatic carbocycles. The van der Waals surface area contributed by atoms with Crippen LogP contribution in [0.4, 0.5) is 5.82 Å². The highest BCUT2D eigenvalue weighted by Gasteiger charge is 2.11. The van der Waals surface area contributed by atoms with E-state index in [0.29, 0.717) is 6.54 Å². The standard InChI is InChI=1S/C21H18BrN5/c1-27-11-9-18(26-27)19-12-16(17-8-5-10-23-21(17)22)13-20(25-19)24-14-15-6-3-2-4-7-15/h2-13H,14H2,1H3,(H,24,25). The fourth-order valence-corrected chi connectivity index (χ4v) is 3.33. The van der Waals surface area contributed by atoms with Crippen LogP contribution >= 0.6 is 15.9 Å².